The molecule has 19 heavy (non-hydrogen) atoms. The molecule has 0 radical (unpaired) electrons. The Morgan fingerprint density at radius 2 is 2.37 bits per heavy atom. The van der Waals surface area contributed by atoms with Gasteiger partial charge in [-0.3, -0.25) is 4.79 Å². The first kappa shape index (κ1) is 13.8. The highest BCUT2D eigenvalue weighted by Crippen LogP contribution is 2.25. The number of carboxylic acids is 1. The minimum atomic E-state index is -0.829. The number of carbonyl (C=O) groups is 2. The molecule has 0 bridgehead atoms. The minimum absolute atomic E-state index is 0.135. The number of hydrogen-bond acceptors (Lipinski definition) is 4. The van der Waals surface area contributed by atoms with Crippen molar-refractivity contribution in [3.05, 3.63) is 16.6 Å². The van der Waals surface area contributed by atoms with E-state index in [1.54, 1.807) is 29.3 Å². The molecular formula is C12H17N3O3S. The van der Waals surface area contributed by atoms with Crippen molar-refractivity contribution >= 4 is 23.3 Å². The number of hydrogen-bond donors (Lipinski definition) is 1. The summed E-state index contributed by atoms with van der Waals surface area (Å²) in [4.78, 5) is 30.7. The highest BCUT2D eigenvalue weighted by molar-refractivity contribution is 7.07. The van der Waals surface area contributed by atoms with Crippen LogP contribution < -0.4 is 0 Å². The molecule has 2 unspecified atom stereocenters. The Morgan fingerprint density at radius 3 is 2.89 bits per heavy atom. The van der Waals surface area contributed by atoms with Crippen molar-refractivity contribution in [2.75, 3.05) is 13.6 Å². The van der Waals surface area contributed by atoms with Gasteiger partial charge in [0, 0.05) is 25.0 Å². The van der Waals surface area contributed by atoms with Crippen molar-refractivity contribution in [1.29, 1.82) is 0 Å². The number of carbonyl (C=O) groups excluding carboxylic acids is 1. The van der Waals surface area contributed by atoms with Crippen molar-refractivity contribution in [1.82, 2.24) is 14.8 Å². The lowest BCUT2D eigenvalue weighted by molar-refractivity contribution is -0.142. The molecule has 0 aromatic carbocycles. The molecule has 2 heterocycles. The number of amides is 2. The Labute approximate surface area is 115 Å². The number of nitrogens with zero attached hydrogens (tertiary/aromatic N) is 3. The summed E-state index contributed by atoms with van der Waals surface area (Å²) in [6.45, 7) is 2.74. The Morgan fingerprint density at radius 1 is 1.63 bits per heavy atom. The fraction of sp³-hybridized carbons (Fsp3) is 0.583. The van der Waals surface area contributed by atoms with Crippen molar-refractivity contribution in [3.63, 3.8) is 0 Å². The van der Waals surface area contributed by atoms with Gasteiger partial charge in [0.1, 0.15) is 0 Å². The first-order valence-electron chi connectivity index (χ1n) is 6.12. The minimum Gasteiger partial charge on any atom is -0.481 e. The molecular weight excluding hydrogens is 266 g/mol. The summed E-state index contributed by atoms with van der Waals surface area (Å²) in [5.41, 5.74) is 2.58. The molecule has 1 aliphatic rings. The summed E-state index contributed by atoms with van der Waals surface area (Å²) in [6.07, 6.45) is 0.521. The van der Waals surface area contributed by atoms with E-state index >= 15 is 0 Å². The van der Waals surface area contributed by atoms with Crippen LogP contribution in [0.15, 0.2) is 10.9 Å². The van der Waals surface area contributed by atoms with E-state index < -0.39 is 11.9 Å². The van der Waals surface area contributed by atoms with Crippen LogP contribution in [0.25, 0.3) is 0 Å². The SMILES string of the molecule is CC1C(C(=O)O)CCN1C(=O)N(C)Cc1cscn1. The molecule has 2 atom stereocenters. The Kier molecular flexibility index (Phi) is 4.04. The molecule has 7 heteroatoms. The van der Waals surface area contributed by atoms with E-state index in [4.69, 9.17) is 5.11 Å². The number of aliphatic carboxylic acids is 1. The predicted molar refractivity (Wildman–Crippen MR) is 70.9 cm³/mol. The molecule has 0 saturated carbocycles. The predicted octanol–water partition coefficient (Wildman–Crippen LogP) is 1.49. The van der Waals surface area contributed by atoms with Crippen LogP contribution in [0.5, 0.6) is 0 Å². The zero-order valence-corrected chi connectivity index (χ0v) is 11.8. The summed E-state index contributed by atoms with van der Waals surface area (Å²) in [7, 11) is 1.71. The van der Waals surface area contributed by atoms with Gasteiger partial charge in [0.2, 0.25) is 0 Å². The average Bonchev–Trinajstić information content (AvgIpc) is 2.97. The molecule has 0 spiro atoms. The largest absolute Gasteiger partial charge is 0.481 e. The first-order valence-corrected chi connectivity index (χ1v) is 7.06. The smallest absolute Gasteiger partial charge is 0.320 e. The lowest BCUT2D eigenvalue weighted by atomic mass is 10.0. The molecule has 0 aliphatic carbocycles. The molecule has 6 nitrogen and oxygen atoms in total. The van der Waals surface area contributed by atoms with Crippen LogP contribution in [-0.2, 0) is 11.3 Å². The van der Waals surface area contributed by atoms with E-state index in [9.17, 15) is 9.59 Å². The van der Waals surface area contributed by atoms with Crippen molar-refractivity contribution in [3.8, 4) is 0 Å². The number of urea groups is 1. The van der Waals surface area contributed by atoms with Gasteiger partial charge in [-0.25, -0.2) is 9.78 Å². The highest BCUT2D eigenvalue weighted by Gasteiger charge is 2.39. The topological polar surface area (TPSA) is 73.7 Å². The van der Waals surface area contributed by atoms with E-state index in [-0.39, 0.29) is 12.1 Å². The molecule has 2 rings (SSSR count). The molecule has 104 valence electrons. The van der Waals surface area contributed by atoms with Gasteiger partial charge >= 0.3 is 12.0 Å². The maximum Gasteiger partial charge on any atom is 0.320 e. The third kappa shape index (κ3) is 2.86. The first-order chi connectivity index (χ1) is 9.00. The fourth-order valence-corrected chi connectivity index (χ4v) is 2.93. The van der Waals surface area contributed by atoms with Crippen LogP contribution in [0.1, 0.15) is 19.0 Å². The van der Waals surface area contributed by atoms with E-state index in [0.717, 1.165) is 5.69 Å². The van der Waals surface area contributed by atoms with Gasteiger partial charge in [-0.1, -0.05) is 0 Å². The normalized spacial score (nSPS) is 22.5. The van der Waals surface area contributed by atoms with Gasteiger partial charge in [-0.15, -0.1) is 11.3 Å². The summed E-state index contributed by atoms with van der Waals surface area (Å²) < 4.78 is 0. The molecule has 2 amide bonds. The molecule has 1 saturated heterocycles. The molecule has 1 N–H and O–H groups in total. The lowest BCUT2D eigenvalue weighted by Crippen LogP contribution is -2.44. The van der Waals surface area contributed by atoms with Gasteiger partial charge in [-0.05, 0) is 13.3 Å². The van der Waals surface area contributed by atoms with Gasteiger partial charge in [0.05, 0.1) is 23.7 Å². The summed E-state index contributed by atoms with van der Waals surface area (Å²) in [5, 5.41) is 11.0. The standard InChI is InChI=1S/C12H17N3O3S/c1-8-10(11(16)17)3-4-15(8)12(18)14(2)5-9-6-19-7-13-9/h6-8,10H,3-5H2,1-2H3,(H,16,17). The van der Waals surface area contributed by atoms with Gasteiger partial charge in [0.15, 0.2) is 0 Å². The average molecular weight is 283 g/mol. The van der Waals surface area contributed by atoms with Crippen molar-refractivity contribution < 1.29 is 14.7 Å². The number of likely N-dealkylation sites (tertiary alicyclic amines) is 1. The van der Waals surface area contributed by atoms with Crippen LogP contribution in [0.2, 0.25) is 0 Å². The number of carboxylic acid groups (broad SMARTS) is 1. The van der Waals surface area contributed by atoms with E-state index in [2.05, 4.69) is 4.98 Å². The number of thiazole rings is 1. The molecule has 1 fully saturated rings. The number of rotatable bonds is 3. The third-order valence-electron chi connectivity index (χ3n) is 3.53. The molecule has 1 aromatic heterocycles. The van der Waals surface area contributed by atoms with Crippen molar-refractivity contribution in [2.24, 2.45) is 5.92 Å². The van der Waals surface area contributed by atoms with E-state index in [1.165, 1.54) is 11.3 Å². The Bertz CT molecular complexity index is 463. The van der Waals surface area contributed by atoms with E-state index in [0.29, 0.717) is 19.5 Å². The van der Waals surface area contributed by atoms with Gasteiger partial charge in [-0.2, -0.15) is 0 Å². The second kappa shape index (κ2) is 5.56. The summed E-state index contributed by atoms with van der Waals surface area (Å²) in [6, 6.07) is -0.396. The number of aromatic nitrogens is 1. The van der Waals surface area contributed by atoms with Gasteiger partial charge < -0.3 is 14.9 Å². The van der Waals surface area contributed by atoms with Crippen LogP contribution >= 0.6 is 11.3 Å². The fourth-order valence-electron chi connectivity index (χ4n) is 2.39. The third-order valence-corrected chi connectivity index (χ3v) is 4.16. The van der Waals surface area contributed by atoms with Crippen LogP contribution in [-0.4, -0.2) is 51.5 Å². The van der Waals surface area contributed by atoms with Gasteiger partial charge in [0.25, 0.3) is 0 Å². The molecule has 1 aliphatic heterocycles. The van der Waals surface area contributed by atoms with Crippen LogP contribution in [0, 0.1) is 5.92 Å². The summed E-state index contributed by atoms with van der Waals surface area (Å²) in [5.74, 6) is -1.29. The Hall–Kier alpha value is -1.63. The zero-order valence-electron chi connectivity index (χ0n) is 10.9. The summed E-state index contributed by atoms with van der Waals surface area (Å²) >= 11 is 1.49. The van der Waals surface area contributed by atoms with E-state index in [1.807, 2.05) is 5.38 Å². The maximum absolute atomic E-state index is 12.3. The highest BCUT2D eigenvalue weighted by atomic mass is 32.1. The Balaban J connectivity index is 1.98. The zero-order chi connectivity index (χ0) is 14.0. The quantitative estimate of drug-likeness (QED) is 0.912. The van der Waals surface area contributed by atoms with Crippen LogP contribution in [0.3, 0.4) is 0 Å². The second-order valence-electron chi connectivity index (χ2n) is 4.79. The maximum atomic E-state index is 12.3. The second-order valence-corrected chi connectivity index (χ2v) is 5.50. The van der Waals surface area contributed by atoms with Crippen LogP contribution in [0.4, 0.5) is 4.79 Å². The molecule has 1 aromatic rings. The monoisotopic (exact) mass is 283 g/mol. The van der Waals surface area contributed by atoms with Crippen molar-refractivity contribution in [2.45, 2.75) is 25.9 Å². The lowest BCUT2D eigenvalue weighted by Gasteiger charge is -2.28.